The molecule has 112 valence electrons. The summed E-state index contributed by atoms with van der Waals surface area (Å²) in [6.07, 6.45) is 11.7. The van der Waals surface area contributed by atoms with Gasteiger partial charge in [-0.05, 0) is 31.4 Å². The van der Waals surface area contributed by atoms with E-state index >= 15 is 0 Å². The van der Waals surface area contributed by atoms with Crippen molar-refractivity contribution >= 4 is 6.21 Å². The molecular weight excluding hydrogens is 258 g/mol. The van der Waals surface area contributed by atoms with Crippen molar-refractivity contribution in [1.29, 1.82) is 0 Å². The molecule has 0 bridgehead atoms. The van der Waals surface area contributed by atoms with Gasteiger partial charge in [-0.1, -0.05) is 6.07 Å². The van der Waals surface area contributed by atoms with Gasteiger partial charge in [0.25, 0.3) is 0 Å². The van der Waals surface area contributed by atoms with Gasteiger partial charge < -0.3 is 4.90 Å². The normalized spacial score (nSPS) is 21.7. The van der Waals surface area contributed by atoms with Crippen molar-refractivity contribution < 1.29 is 4.58 Å². The summed E-state index contributed by atoms with van der Waals surface area (Å²) >= 11 is 0. The first-order chi connectivity index (χ1) is 10.1. The second-order valence-electron chi connectivity index (χ2n) is 6.79. The van der Waals surface area contributed by atoms with Crippen LogP contribution in [0.2, 0.25) is 0 Å². The molecular formula is C18H26N3+. The van der Waals surface area contributed by atoms with Crippen LogP contribution in [0.3, 0.4) is 0 Å². The van der Waals surface area contributed by atoms with Crippen LogP contribution >= 0.6 is 0 Å². The number of piperidine rings is 1. The van der Waals surface area contributed by atoms with E-state index in [0.29, 0.717) is 0 Å². The smallest absolute Gasteiger partial charge is 0.185 e. The van der Waals surface area contributed by atoms with Gasteiger partial charge in [-0.2, -0.15) is 0 Å². The number of likely N-dealkylation sites (tertiary alicyclic amines) is 1. The highest BCUT2D eigenvalue weighted by Gasteiger charge is 2.35. The highest BCUT2D eigenvalue weighted by molar-refractivity contribution is 5.68. The van der Waals surface area contributed by atoms with Crippen LogP contribution in [0.25, 0.3) is 0 Å². The van der Waals surface area contributed by atoms with Gasteiger partial charge in [0.15, 0.2) is 18.3 Å². The maximum absolute atomic E-state index is 4.45. The minimum absolute atomic E-state index is 0.152. The first-order valence-corrected chi connectivity index (χ1v) is 8.11. The van der Waals surface area contributed by atoms with E-state index in [1.165, 1.54) is 38.0 Å². The van der Waals surface area contributed by atoms with Crippen molar-refractivity contribution in [2.75, 3.05) is 13.1 Å². The van der Waals surface area contributed by atoms with Crippen LogP contribution in [-0.4, -0.2) is 39.3 Å². The molecule has 1 aromatic rings. The number of aromatic nitrogens is 1. The van der Waals surface area contributed by atoms with Gasteiger partial charge in [-0.3, -0.25) is 4.98 Å². The Morgan fingerprint density at radius 1 is 1.19 bits per heavy atom. The van der Waals surface area contributed by atoms with Crippen molar-refractivity contribution in [2.24, 2.45) is 0 Å². The molecule has 21 heavy (non-hydrogen) atoms. The molecule has 3 rings (SSSR count). The van der Waals surface area contributed by atoms with Crippen molar-refractivity contribution in [3.05, 3.63) is 41.9 Å². The number of pyridine rings is 1. The maximum atomic E-state index is 4.45. The number of hydrogen-bond acceptors (Lipinski definition) is 2. The molecule has 0 amide bonds. The van der Waals surface area contributed by atoms with Gasteiger partial charge in [0.2, 0.25) is 0 Å². The minimum Gasteiger partial charge on any atom is -0.374 e. The van der Waals surface area contributed by atoms with E-state index in [2.05, 4.69) is 52.7 Å². The minimum atomic E-state index is 0.152. The van der Waals surface area contributed by atoms with Gasteiger partial charge in [0, 0.05) is 44.9 Å². The molecule has 0 radical (unpaired) electrons. The average molecular weight is 284 g/mol. The summed E-state index contributed by atoms with van der Waals surface area (Å²) in [7, 11) is 0. The summed E-state index contributed by atoms with van der Waals surface area (Å²) in [5.74, 6) is 0. The van der Waals surface area contributed by atoms with Crippen LogP contribution in [0.4, 0.5) is 0 Å². The predicted molar refractivity (Wildman–Crippen MR) is 86.5 cm³/mol. The fraction of sp³-hybridized carbons (Fsp3) is 0.556. The molecule has 1 aromatic heterocycles. The Hall–Kier alpha value is -1.64. The van der Waals surface area contributed by atoms with Crippen LogP contribution < -0.4 is 0 Å². The highest BCUT2D eigenvalue weighted by Crippen LogP contribution is 2.28. The zero-order chi connectivity index (χ0) is 14.7. The van der Waals surface area contributed by atoms with Gasteiger partial charge in [-0.15, -0.1) is 0 Å². The molecule has 0 atom stereocenters. The topological polar surface area (TPSA) is 19.1 Å². The van der Waals surface area contributed by atoms with E-state index in [0.717, 1.165) is 18.7 Å². The molecule has 1 saturated heterocycles. The van der Waals surface area contributed by atoms with E-state index in [4.69, 9.17) is 0 Å². The van der Waals surface area contributed by atoms with Gasteiger partial charge in [-0.25, -0.2) is 4.58 Å². The standard InChI is InChI=1S/C18H26N3/c1-18(2)14-17(20-11-6-3-7-12-20)9-13-21(18)15-16-8-4-5-10-19-16/h4-5,8-10,13H,3,6-7,11-12,14-15H2,1-2H3/q+1. The lowest BCUT2D eigenvalue weighted by Crippen LogP contribution is -2.43. The average Bonchev–Trinajstić information content (AvgIpc) is 2.51. The molecule has 3 nitrogen and oxygen atoms in total. The summed E-state index contributed by atoms with van der Waals surface area (Å²) in [5.41, 5.74) is 2.80. The van der Waals surface area contributed by atoms with E-state index in [-0.39, 0.29) is 5.54 Å². The van der Waals surface area contributed by atoms with E-state index in [9.17, 15) is 0 Å². The van der Waals surface area contributed by atoms with Crippen LogP contribution in [0.1, 0.15) is 45.2 Å². The number of rotatable bonds is 3. The van der Waals surface area contributed by atoms with Crippen LogP contribution in [0.15, 0.2) is 36.2 Å². The Morgan fingerprint density at radius 2 is 2.00 bits per heavy atom. The number of nitrogens with zero attached hydrogens (tertiary/aromatic N) is 3. The molecule has 2 aliphatic heterocycles. The summed E-state index contributed by atoms with van der Waals surface area (Å²) in [6, 6.07) is 6.14. The molecule has 0 spiro atoms. The molecule has 0 N–H and O–H groups in total. The first kappa shape index (κ1) is 14.3. The third-order valence-corrected chi connectivity index (χ3v) is 4.66. The monoisotopic (exact) mass is 284 g/mol. The molecule has 0 aromatic carbocycles. The lowest BCUT2D eigenvalue weighted by atomic mass is 9.93. The van der Waals surface area contributed by atoms with Crippen molar-refractivity contribution in [2.45, 2.75) is 51.6 Å². The maximum Gasteiger partial charge on any atom is 0.185 e. The molecule has 3 heterocycles. The summed E-state index contributed by atoms with van der Waals surface area (Å²) in [4.78, 5) is 7.04. The summed E-state index contributed by atoms with van der Waals surface area (Å²) < 4.78 is 2.42. The van der Waals surface area contributed by atoms with Gasteiger partial charge >= 0.3 is 0 Å². The zero-order valence-corrected chi connectivity index (χ0v) is 13.3. The number of hydrogen-bond donors (Lipinski definition) is 0. The van der Waals surface area contributed by atoms with Crippen molar-refractivity contribution in [3.8, 4) is 0 Å². The Labute approximate surface area is 128 Å². The third-order valence-electron chi connectivity index (χ3n) is 4.66. The predicted octanol–water partition coefficient (Wildman–Crippen LogP) is 3.22. The highest BCUT2D eigenvalue weighted by atomic mass is 15.2. The van der Waals surface area contributed by atoms with Crippen molar-refractivity contribution in [1.82, 2.24) is 9.88 Å². The quantitative estimate of drug-likeness (QED) is 0.794. The zero-order valence-electron chi connectivity index (χ0n) is 13.3. The van der Waals surface area contributed by atoms with Crippen LogP contribution in [0.5, 0.6) is 0 Å². The largest absolute Gasteiger partial charge is 0.374 e. The SMILES string of the molecule is CC1(C)CC(N2CCCCC2)=CC=[N+]1Cc1ccccn1. The van der Waals surface area contributed by atoms with Crippen LogP contribution in [0, 0.1) is 0 Å². The fourth-order valence-electron chi connectivity index (χ4n) is 3.31. The number of allylic oxidation sites excluding steroid dienone is 1. The van der Waals surface area contributed by atoms with E-state index < -0.39 is 0 Å². The van der Waals surface area contributed by atoms with Gasteiger partial charge in [0.05, 0.1) is 6.42 Å². The summed E-state index contributed by atoms with van der Waals surface area (Å²) in [6.45, 7) is 8.02. The van der Waals surface area contributed by atoms with E-state index in [1.54, 1.807) is 0 Å². The molecule has 2 aliphatic rings. The molecule has 1 fully saturated rings. The third kappa shape index (κ3) is 3.34. The van der Waals surface area contributed by atoms with Gasteiger partial charge in [0.1, 0.15) is 5.69 Å². The summed E-state index contributed by atoms with van der Waals surface area (Å²) in [5, 5.41) is 0. The lowest BCUT2D eigenvalue weighted by Gasteiger charge is -2.35. The Kier molecular flexibility index (Phi) is 4.09. The Morgan fingerprint density at radius 3 is 2.67 bits per heavy atom. The molecule has 0 aliphatic carbocycles. The second kappa shape index (κ2) is 6.00. The fourth-order valence-corrected chi connectivity index (χ4v) is 3.31. The Bertz CT molecular complexity index is 537. The van der Waals surface area contributed by atoms with Crippen molar-refractivity contribution in [3.63, 3.8) is 0 Å². The second-order valence-corrected chi connectivity index (χ2v) is 6.79. The Balaban J connectivity index is 1.77. The molecule has 3 heteroatoms. The lowest BCUT2D eigenvalue weighted by molar-refractivity contribution is -0.613. The van der Waals surface area contributed by atoms with E-state index in [1.807, 2.05) is 12.3 Å². The molecule has 0 saturated carbocycles. The first-order valence-electron chi connectivity index (χ1n) is 8.11. The van der Waals surface area contributed by atoms with Crippen LogP contribution in [-0.2, 0) is 6.54 Å². The molecule has 0 unspecified atom stereocenters.